The van der Waals surface area contributed by atoms with Gasteiger partial charge in [0.1, 0.15) is 5.82 Å². The van der Waals surface area contributed by atoms with Crippen LogP contribution in [0.15, 0.2) is 42.6 Å². The number of likely N-dealkylation sites (tertiary alicyclic amines) is 1. The number of nitrogens with zero attached hydrogens (tertiary/aromatic N) is 4. The van der Waals surface area contributed by atoms with E-state index in [1.807, 2.05) is 12.3 Å². The van der Waals surface area contributed by atoms with E-state index in [0.717, 1.165) is 70.5 Å². The Bertz CT molecular complexity index is 690. The highest BCUT2D eigenvalue weighted by Crippen LogP contribution is 2.17. The second-order valence-electron chi connectivity index (χ2n) is 7.01. The normalized spacial score (nSPS) is 21.1. The van der Waals surface area contributed by atoms with Crippen LogP contribution in [0.1, 0.15) is 12.0 Å². The van der Waals surface area contributed by atoms with E-state index in [2.05, 4.69) is 50.4 Å². The molecule has 0 bridgehead atoms. The average Bonchev–Trinajstić information content (AvgIpc) is 3.15. The lowest BCUT2D eigenvalue weighted by atomic mass is 10.1. The lowest BCUT2D eigenvalue weighted by Gasteiger charge is -2.27. The van der Waals surface area contributed by atoms with E-state index in [9.17, 15) is 0 Å². The number of morpholine rings is 1. The molecule has 0 saturated carbocycles. The van der Waals surface area contributed by atoms with Crippen molar-refractivity contribution in [3.05, 3.63) is 48.2 Å². The summed E-state index contributed by atoms with van der Waals surface area (Å²) in [5.41, 5.74) is 1.41. The number of benzene rings is 1. The Morgan fingerprint density at radius 2 is 1.92 bits per heavy atom. The second-order valence-corrected chi connectivity index (χ2v) is 7.01. The van der Waals surface area contributed by atoms with Gasteiger partial charge in [0.2, 0.25) is 5.95 Å². The topological polar surface area (TPSA) is 53.5 Å². The smallest absolute Gasteiger partial charge is 0.227 e. The number of nitrogens with one attached hydrogen (secondary N) is 1. The molecule has 0 spiro atoms. The molecule has 138 valence electrons. The average molecular weight is 353 g/mol. The van der Waals surface area contributed by atoms with Crippen LogP contribution >= 0.6 is 0 Å². The van der Waals surface area contributed by atoms with E-state index >= 15 is 0 Å². The third kappa shape index (κ3) is 4.51. The van der Waals surface area contributed by atoms with Crippen molar-refractivity contribution in [3.63, 3.8) is 0 Å². The first-order chi connectivity index (χ1) is 12.9. The quantitative estimate of drug-likeness (QED) is 0.858. The molecule has 6 heteroatoms. The summed E-state index contributed by atoms with van der Waals surface area (Å²) < 4.78 is 5.41. The summed E-state index contributed by atoms with van der Waals surface area (Å²) in [6.07, 6.45) is 4.12. The molecule has 0 aliphatic carbocycles. The highest BCUT2D eigenvalue weighted by Gasteiger charge is 2.22. The van der Waals surface area contributed by atoms with Gasteiger partial charge in [-0.3, -0.25) is 0 Å². The Morgan fingerprint density at radius 1 is 1.08 bits per heavy atom. The number of hydrogen-bond donors (Lipinski definition) is 1. The van der Waals surface area contributed by atoms with Crippen LogP contribution < -0.4 is 10.2 Å². The Kier molecular flexibility index (Phi) is 5.62. The second kappa shape index (κ2) is 8.47. The van der Waals surface area contributed by atoms with E-state index in [0.29, 0.717) is 6.04 Å². The van der Waals surface area contributed by atoms with Gasteiger partial charge in [0.25, 0.3) is 0 Å². The lowest BCUT2D eigenvalue weighted by Crippen LogP contribution is -2.37. The molecule has 2 aromatic rings. The third-order valence-corrected chi connectivity index (χ3v) is 5.12. The Morgan fingerprint density at radius 3 is 2.77 bits per heavy atom. The van der Waals surface area contributed by atoms with Crippen LogP contribution in [0.4, 0.5) is 11.8 Å². The molecule has 2 aliphatic heterocycles. The standard InChI is InChI=1S/C20H27N5O/c1-2-4-17(5-3-1)7-10-24-11-8-18(16-24)22-19-6-9-21-20(23-19)25-12-14-26-15-13-25/h1-6,9,18H,7-8,10-16H2,(H,21,22,23). The van der Waals surface area contributed by atoms with Crippen molar-refractivity contribution in [2.45, 2.75) is 18.9 Å². The molecule has 2 fully saturated rings. The zero-order chi connectivity index (χ0) is 17.6. The Balaban J connectivity index is 1.28. The summed E-state index contributed by atoms with van der Waals surface area (Å²) >= 11 is 0. The predicted octanol–water partition coefficient (Wildman–Crippen LogP) is 2.04. The minimum Gasteiger partial charge on any atom is -0.378 e. The van der Waals surface area contributed by atoms with Crippen LogP contribution in [-0.4, -0.2) is 66.8 Å². The number of aromatic nitrogens is 2. The van der Waals surface area contributed by atoms with Crippen LogP contribution in [0, 0.1) is 0 Å². The Labute approximate surface area is 155 Å². The molecule has 4 rings (SSSR count). The fraction of sp³-hybridized carbons (Fsp3) is 0.500. The summed E-state index contributed by atoms with van der Waals surface area (Å²) in [5.74, 6) is 1.73. The van der Waals surface area contributed by atoms with Crippen LogP contribution in [-0.2, 0) is 11.2 Å². The van der Waals surface area contributed by atoms with Gasteiger partial charge in [-0.2, -0.15) is 4.98 Å². The van der Waals surface area contributed by atoms with Crippen molar-refractivity contribution in [2.75, 3.05) is 56.2 Å². The molecule has 0 radical (unpaired) electrons. The first kappa shape index (κ1) is 17.2. The van der Waals surface area contributed by atoms with Crippen molar-refractivity contribution < 1.29 is 4.74 Å². The van der Waals surface area contributed by atoms with Crippen LogP contribution in [0.3, 0.4) is 0 Å². The van der Waals surface area contributed by atoms with Gasteiger partial charge in [-0.25, -0.2) is 4.98 Å². The summed E-state index contributed by atoms with van der Waals surface area (Å²) in [6, 6.07) is 13.1. The summed E-state index contributed by atoms with van der Waals surface area (Å²) in [6.45, 7) is 6.56. The predicted molar refractivity (Wildman–Crippen MR) is 104 cm³/mol. The molecule has 1 aromatic carbocycles. The van der Waals surface area contributed by atoms with E-state index in [-0.39, 0.29) is 0 Å². The summed E-state index contributed by atoms with van der Waals surface area (Å²) in [4.78, 5) is 13.9. The number of rotatable bonds is 6. The monoisotopic (exact) mass is 353 g/mol. The maximum Gasteiger partial charge on any atom is 0.227 e. The van der Waals surface area contributed by atoms with Gasteiger partial charge in [-0.15, -0.1) is 0 Å². The largest absolute Gasteiger partial charge is 0.378 e. The molecule has 1 unspecified atom stereocenters. The zero-order valence-electron chi connectivity index (χ0n) is 15.2. The maximum absolute atomic E-state index is 5.41. The van der Waals surface area contributed by atoms with Crippen molar-refractivity contribution in [1.82, 2.24) is 14.9 Å². The molecular formula is C20H27N5O. The van der Waals surface area contributed by atoms with E-state index in [4.69, 9.17) is 9.72 Å². The molecule has 26 heavy (non-hydrogen) atoms. The summed E-state index contributed by atoms with van der Waals surface area (Å²) in [7, 11) is 0. The van der Waals surface area contributed by atoms with E-state index in [1.165, 1.54) is 5.56 Å². The van der Waals surface area contributed by atoms with Crippen molar-refractivity contribution >= 4 is 11.8 Å². The minimum atomic E-state index is 0.457. The zero-order valence-corrected chi connectivity index (χ0v) is 15.2. The molecule has 0 amide bonds. The van der Waals surface area contributed by atoms with Crippen molar-refractivity contribution in [2.24, 2.45) is 0 Å². The molecule has 1 N–H and O–H groups in total. The SMILES string of the molecule is c1ccc(CCN2CCC(Nc3ccnc(N4CCOCC4)n3)C2)cc1. The molecular weight excluding hydrogens is 326 g/mol. The van der Waals surface area contributed by atoms with Crippen LogP contribution in [0.25, 0.3) is 0 Å². The summed E-state index contributed by atoms with van der Waals surface area (Å²) in [5, 5.41) is 3.60. The maximum atomic E-state index is 5.41. The minimum absolute atomic E-state index is 0.457. The van der Waals surface area contributed by atoms with Crippen LogP contribution in [0.5, 0.6) is 0 Å². The molecule has 1 atom stereocenters. The fourth-order valence-corrected chi connectivity index (χ4v) is 3.64. The van der Waals surface area contributed by atoms with Crippen molar-refractivity contribution in [1.29, 1.82) is 0 Å². The van der Waals surface area contributed by atoms with Gasteiger partial charge in [-0.05, 0) is 24.5 Å². The Hall–Kier alpha value is -2.18. The van der Waals surface area contributed by atoms with Gasteiger partial charge < -0.3 is 19.9 Å². The van der Waals surface area contributed by atoms with Gasteiger partial charge in [0.15, 0.2) is 0 Å². The molecule has 2 saturated heterocycles. The lowest BCUT2D eigenvalue weighted by molar-refractivity contribution is 0.122. The van der Waals surface area contributed by atoms with Crippen LogP contribution in [0.2, 0.25) is 0 Å². The molecule has 1 aromatic heterocycles. The van der Waals surface area contributed by atoms with Gasteiger partial charge >= 0.3 is 0 Å². The number of anilines is 2. The van der Waals surface area contributed by atoms with Gasteiger partial charge in [0, 0.05) is 45.0 Å². The first-order valence-electron chi connectivity index (χ1n) is 9.55. The third-order valence-electron chi connectivity index (χ3n) is 5.12. The fourth-order valence-electron chi connectivity index (χ4n) is 3.64. The van der Waals surface area contributed by atoms with Gasteiger partial charge in [-0.1, -0.05) is 30.3 Å². The van der Waals surface area contributed by atoms with E-state index in [1.54, 1.807) is 0 Å². The first-order valence-corrected chi connectivity index (χ1v) is 9.55. The van der Waals surface area contributed by atoms with E-state index < -0.39 is 0 Å². The number of hydrogen-bond acceptors (Lipinski definition) is 6. The molecule has 2 aliphatic rings. The highest BCUT2D eigenvalue weighted by atomic mass is 16.5. The van der Waals surface area contributed by atoms with Gasteiger partial charge in [0.05, 0.1) is 13.2 Å². The highest BCUT2D eigenvalue weighted by molar-refractivity contribution is 5.42. The molecule has 6 nitrogen and oxygen atoms in total. The molecule has 3 heterocycles. The number of ether oxygens (including phenoxy) is 1. The van der Waals surface area contributed by atoms with Crippen molar-refractivity contribution in [3.8, 4) is 0 Å².